The first-order valence-electron chi connectivity index (χ1n) is 6.29. The molecular weight excluding hydrogens is 188 g/mol. The van der Waals surface area contributed by atoms with Gasteiger partial charge < -0.3 is 15.4 Å². The fourth-order valence-electron chi connectivity index (χ4n) is 2.98. The van der Waals surface area contributed by atoms with Crippen molar-refractivity contribution in [3.8, 4) is 0 Å². The van der Waals surface area contributed by atoms with Crippen LogP contribution in [0.4, 0.5) is 0 Å². The molecular formula is C12H24N2O. The minimum Gasteiger partial charge on any atom is -0.381 e. The number of ether oxygens (including phenoxy) is 1. The summed E-state index contributed by atoms with van der Waals surface area (Å²) in [6, 6.07) is 0.387. The third-order valence-corrected chi connectivity index (χ3v) is 3.54. The number of nitrogens with zero attached hydrogens (tertiary/aromatic N) is 1. The lowest BCUT2D eigenvalue weighted by atomic mass is 9.94. The van der Waals surface area contributed by atoms with Gasteiger partial charge in [0.2, 0.25) is 0 Å². The van der Waals surface area contributed by atoms with Crippen molar-refractivity contribution in [2.45, 2.75) is 32.2 Å². The normalized spacial score (nSPS) is 39.2. The molecule has 3 atom stereocenters. The standard InChI is InChI=1S/C12H24N2O/c1-10-5-12(13)8-14(6-10)7-11-3-2-4-15-9-11/h10-12H,2-9,13H2,1H3. The molecule has 0 radical (unpaired) electrons. The van der Waals surface area contributed by atoms with Crippen molar-refractivity contribution >= 4 is 0 Å². The summed E-state index contributed by atoms with van der Waals surface area (Å²) in [5.41, 5.74) is 6.05. The SMILES string of the molecule is CC1CC(N)CN(CC2CCCOC2)C1. The van der Waals surface area contributed by atoms with Gasteiger partial charge in [0.15, 0.2) is 0 Å². The summed E-state index contributed by atoms with van der Waals surface area (Å²) in [5, 5.41) is 0. The van der Waals surface area contributed by atoms with Crippen LogP contribution < -0.4 is 5.73 Å². The maximum Gasteiger partial charge on any atom is 0.0506 e. The lowest BCUT2D eigenvalue weighted by molar-refractivity contribution is 0.0300. The summed E-state index contributed by atoms with van der Waals surface area (Å²) >= 11 is 0. The molecule has 3 nitrogen and oxygen atoms in total. The van der Waals surface area contributed by atoms with Crippen molar-refractivity contribution in [3.05, 3.63) is 0 Å². The van der Waals surface area contributed by atoms with E-state index in [4.69, 9.17) is 10.5 Å². The van der Waals surface area contributed by atoms with E-state index in [-0.39, 0.29) is 0 Å². The van der Waals surface area contributed by atoms with Gasteiger partial charge in [0.05, 0.1) is 6.61 Å². The highest BCUT2D eigenvalue weighted by molar-refractivity contribution is 4.81. The summed E-state index contributed by atoms with van der Waals surface area (Å²) in [6.07, 6.45) is 3.76. The quantitative estimate of drug-likeness (QED) is 0.744. The Morgan fingerprint density at radius 2 is 2.27 bits per heavy atom. The molecule has 0 saturated carbocycles. The molecule has 0 aliphatic carbocycles. The molecule has 3 heteroatoms. The van der Waals surface area contributed by atoms with Gasteiger partial charge in [-0.3, -0.25) is 0 Å². The Labute approximate surface area is 93.0 Å². The number of rotatable bonds is 2. The van der Waals surface area contributed by atoms with Gasteiger partial charge in [-0.2, -0.15) is 0 Å². The van der Waals surface area contributed by atoms with Gasteiger partial charge in [0.25, 0.3) is 0 Å². The van der Waals surface area contributed by atoms with Crippen LogP contribution in [-0.2, 0) is 4.74 Å². The zero-order valence-corrected chi connectivity index (χ0v) is 9.82. The van der Waals surface area contributed by atoms with E-state index in [0.717, 1.165) is 31.6 Å². The average Bonchev–Trinajstić information content (AvgIpc) is 2.17. The molecule has 2 rings (SSSR count). The van der Waals surface area contributed by atoms with E-state index in [1.807, 2.05) is 0 Å². The van der Waals surface area contributed by atoms with Crippen molar-refractivity contribution in [3.63, 3.8) is 0 Å². The monoisotopic (exact) mass is 212 g/mol. The molecule has 2 N–H and O–H groups in total. The van der Waals surface area contributed by atoms with Crippen LogP contribution in [0.1, 0.15) is 26.2 Å². The highest BCUT2D eigenvalue weighted by Crippen LogP contribution is 2.20. The van der Waals surface area contributed by atoms with Crippen molar-refractivity contribution in [1.29, 1.82) is 0 Å². The molecule has 0 bridgehead atoms. The van der Waals surface area contributed by atoms with Crippen molar-refractivity contribution < 1.29 is 4.74 Å². The number of hydrogen-bond acceptors (Lipinski definition) is 3. The smallest absolute Gasteiger partial charge is 0.0506 e. The predicted molar refractivity (Wildman–Crippen MR) is 61.7 cm³/mol. The van der Waals surface area contributed by atoms with E-state index in [2.05, 4.69) is 11.8 Å². The van der Waals surface area contributed by atoms with Crippen LogP contribution in [0.15, 0.2) is 0 Å². The summed E-state index contributed by atoms with van der Waals surface area (Å²) in [6.45, 7) is 7.74. The molecule has 0 amide bonds. The predicted octanol–water partition coefficient (Wildman–Crippen LogP) is 1.08. The summed E-state index contributed by atoms with van der Waals surface area (Å²) in [4.78, 5) is 2.54. The minimum atomic E-state index is 0.387. The Hall–Kier alpha value is -0.120. The van der Waals surface area contributed by atoms with E-state index >= 15 is 0 Å². The zero-order chi connectivity index (χ0) is 10.7. The molecule has 2 fully saturated rings. The van der Waals surface area contributed by atoms with Crippen molar-refractivity contribution in [1.82, 2.24) is 4.90 Å². The number of nitrogens with two attached hydrogens (primary N) is 1. The lowest BCUT2D eigenvalue weighted by Crippen LogP contribution is -2.48. The molecule has 3 unspecified atom stereocenters. The van der Waals surface area contributed by atoms with Gasteiger partial charge in [-0.25, -0.2) is 0 Å². The van der Waals surface area contributed by atoms with Crippen LogP contribution in [0, 0.1) is 11.8 Å². The van der Waals surface area contributed by atoms with Crippen molar-refractivity contribution in [2.24, 2.45) is 17.6 Å². The Morgan fingerprint density at radius 1 is 1.40 bits per heavy atom. The Bertz CT molecular complexity index is 182. The van der Waals surface area contributed by atoms with E-state index in [0.29, 0.717) is 6.04 Å². The maximum absolute atomic E-state index is 6.05. The first-order chi connectivity index (χ1) is 7.24. The van der Waals surface area contributed by atoms with Gasteiger partial charge in [0, 0.05) is 32.3 Å². The number of hydrogen-bond donors (Lipinski definition) is 1. The average molecular weight is 212 g/mol. The molecule has 2 aliphatic heterocycles. The topological polar surface area (TPSA) is 38.5 Å². The van der Waals surface area contributed by atoms with E-state index < -0.39 is 0 Å². The first-order valence-corrected chi connectivity index (χ1v) is 6.29. The fraction of sp³-hybridized carbons (Fsp3) is 1.00. The van der Waals surface area contributed by atoms with Gasteiger partial charge >= 0.3 is 0 Å². The number of likely N-dealkylation sites (tertiary alicyclic amines) is 1. The zero-order valence-electron chi connectivity index (χ0n) is 9.82. The van der Waals surface area contributed by atoms with Crippen molar-refractivity contribution in [2.75, 3.05) is 32.8 Å². The molecule has 2 saturated heterocycles. The Kier molecular flexibility index (Phi) is 4.00. The van der Waals surface area contributed by atoms with Crippen LogP contribution in [0.25, 0.3) is 0 Å². The fourth-order valence-corrected chi connectivity index (χ4v) is 2.98. The van der Waals surface area contributed by atoms with Crippen LogP contribution >= 0.6 is 0 Å². The minimum absolute atomic E-state index is 0.387. The second-order valence-corrected chi connectivity index (χ2v) is 5.40. The van der Waals surface area contributed by atoms with Crippen LogP contribution in [0.5, 0.6) is 0 Å². The third-order valence-electron chi connectivity index (χ3n) is 3.54. The van der Waals surface area contributed by atoms with Gasteiger partial charge in [-0.05, 0) is 31.1 Å². The number of piperidine rings is 1. The summed E-state index contributed by atoms with van der Waals surface area (Å²) < 4.78 is 5.52. The Balaban J connectivity index is 1.77. The van der Waals surface area contributed by atoms with E-state index in [9.17, 15) is 0 Å². The lowest BCUT2D eigenvalue weighted by Gasteiger charge is -2.37. The molecule has 0 aromatic carbocycles. The highest BCUT2D eigenvalue weighted by Gasteiger charge is 2.25. The third kappa shape index (κ3) is 3.44. The molecule has 15 heavy (non-hydrogen) atoms. The van der Waals surface area contributed by atoms with E-state index in [1.54, 1.807) is 0 Å². The molecule has 0 aromatic rings. The van der Waals surface area contributed by atoms with Gasteiger partial charge in [-0.15, -0.1) is 0 Å². The molecule has 0 aromatic heterocycles. The molecule has 2 aliphatic rings. The molecule has 88 valence electrons. The van der Waals surface area contributed by atoms with Crippen LogP contribution in [-0.4, -0.2) is 43.8 Å². The van der Waals surface area contributed by atoms with Crippen LogP contribution in [0.2, 0.25) is 0 Å². The summed E-state index contributed by atoms with van der Waals surface area (Å²) in [7, 11) is 0. The molecule has 2 heterocycles. The van der Waals surface area contributed by atoms with E-state index in [1.165, 1.54) is 32.4 Å². The van der Waals surface area contributed by atoms with Crippen LogP contribution in [0.3, 0.4) is 0 Å². The second kappa shape index (κ2) is 5.28. The second-order valence-electron chi connectivity index (χ2n) is 5.40. The molecule has 0 spiro atoms. The Morgan fingerprint density at radius 3 is 2.93 bits per heavy atom. The van der Waals surface area contributed by atoms with Gasteiger partial charge in [0.1, 0.15) is 0 Å². The highest BCUT2D eigenvalue weighted by atomic mass is 16.5. The largest absolute Gasteiger partial charge is 0.381 e. The van der Waals surface area contributed by atoms with Gasteiger partial charge in [-0.1, -0.05) is 6.92 Å². The first kappa shape index (κ1) is 11.4. The maximum atomic E-state index is 6.05. The summed E-state index contributed by atoms with van der Waals surface area (Å²) in [5.74, 6) is 1.51.